The van der Waals surface area contributed by atoms with Crippen LogP contribution in [-0.2, 0) is 30.3 Å². The van der Waals surface area contributed by atoms with E-state index in [4.69, 9.17) is 11.5 Å². The zero-order chi connectivity index (χ0) is 46.4. The Morgan fingerprint density at radius 3 is 1.41 bits per heavy atom. The van der Waals surface area contributed by atoms with Gasteiger partial charge >= 0.3 is 12.2 Å². The van der Waals surface area contributed by atoms with E-state index in [1.54, 1.807) is 27.7 Å². The van der Waals surface area contributed by atoms with Crippen molar-refractivity contribution in [3.63, 3.8) is 0 Å². The van der Waals surface area contributed by atoms with Gasteiger partial charge in [0.25, 0.3) is 0 Å². The molecule has 4 aliphatic rings. The third kappa shape index (κ3) is 7.89. The van der Waals surface area contributed by atoms with Crippen molar-refractivity contribution in [3.8, 4) is 0 Å². The molecule has 64 heavy (non-hydrogen) atoms. The lowest BCUT2D eigenvalue weighted by Crippen LogP contribution is -2.59. The van der Waals surface area contributed by atoms with Gasteiger partial charge in [-0.2, -0.15) is 0 Å². The molecule has 340 valence electrons. The van der Waals surface area contributed by atoms with E-state index in [1.807, 2.05) is 48.5 Å². The van der Waals surface area contributed by atoms with Gasteiger partial charge in [-0.3, -0.25) is 29.0 Å². The van der Waals surface area contributed by atoms with Crippen LogP contribution < -0.4 is 11.5 Å². The van der Waals surface area contributed by atoms with Gasteiger partial charge in [-0.1, -0.05) is 100 Å². The monoisotopic (exact) mass is 874 g/mol. The van der Waals surface area contributed by atoms with Crippen molar-refractivity contribution < 1.29 is 39.0 Å². The minimum absolute atomic E-state index is 0.0324. The van der Waals surface area contributed by atoms with Crippen LogP contribution in [0.3, 0.4) is 0 Å². The first-order chi connectivity index (χ1) is 30.4. The molecule has 2 saturated heterocycles. The molecule has 6 amide bonds. The lowest BCUT2D eigenvalue weighted by molar-refractivity contribution is -0.148. The summed E-state index contributed by atoms with van der Waals surface area (Å²) in [6.07, 6.45) is 3.13. The number of likely N-dealkylation sites (tertiary alicyclic amines) is 2. The van der Waals surface area contributed by atoms with E-state index in [0.717, 1.165) is 50.5 Å². The third-order valence-corrected chi connectivity index (χ3v) is 14.4. The number of hydrogen-bond donors (Lipinski definition) is 4. The van der Waals surface area contributed by atoms with Gasteiger partial charge in [-0.25, -0.2) is 9.59 Å². The summed E-state index contributed by atoms with van der Waals surface area (Å²) in [4.78, 5) is 84.4. The van der Waals surface area contributed by atoms with Gasteiger partial charge in [0.2, 0.25) is 23.6 Å². The van der Waals surface area contributed by atoms with Crippen LogP contribution in [0, 0.1) is 11.8 Å². The van der Waals surface area contributed by atoms with Gasteiger partial charge in [0.1, 0.15) is 23.2 Å². The maximum absolute atomic E-state index is 14.2. The summed E-state index contributed by atoms with van der Waals surface area (Å²) in [6, 6.07) is 22.3. The number of nitrogens with two attached hydrogens (primary N) is 2. The van der Waals surface area contributed by atoms with E-state index < -0.39 is 59.0 Å². The number of benzene rings is 3. The average Bonchev–Trinajstić information content (AvgIpc) is 3.62. The Kier molecular flexibility index (Phi) is 12.7. The Bertz CT molecular complexity index is 2340. The molecule has 2 heterocycles. The Morgan fingerprint density at radius 1 is 0.609 bits per heavy atom. The van der Waals surface area contributed by atoms with Crippen molar-refractivity contribution >= 4 is 47.0 Å². The van der Waals surface area contributed by atoms with Gasteiger partial charge in [-0.05, 0) is 114 Å². The molecule has 5 atom stereocenters. The van der Waals surface area contributed by atoms with E-state index in [9.17, 15) is 39.0 Å². The zero-order valence-corrected chi connectivity index (χ0v) is 37.8. The smallest absolute Gasteiger partial charge is 0.407 e. The molecule has 1 saturated carbocycles. The molecule has 3 aromatic rings. The maximum atomic E-state index is 14.2. The molecule has 1 unspecified atom stereocenters. The average molecular weight is 875 g/mol. The molecule has 7 rings (SSSR count). The first-order valence-corrected chi connectivity index (χ1v) is 22.6. The number of primary amides is 2. The number of amides is 6. The van der Waals surface area contributed by atoms with E-state index in [2.05, 4.69) is 24.3 Å². The van der Waals surface area contributed by atoms with Gasteiger partial charge in [0, 0.05) is 33.1 Å². The standard InChI is InChI=1S/C50H62N6O8/c1-29(2)41(53(5)47(61)62)43(57)55-27-7-25-49(55,45(51)59)36-19-15-33(16-20-36)38-23-24-39(40(38)35-13-11-32(12-14-35)31-9-10-31)34-17-21-37(22-18-34)50(46(52)60)26-8-28-56(50)44(58)42(30(3)4)54(6)48(63)64/h11-22,29-31,38,41-42H,7-10,23-28H2,1-6H3,(H2,51,59)(H2,52,60)(H,61,62)(H,63,64)/t38?,41-,42-,49-,50-/m0/s1. The maximum Gasteiger partial charge on any atom is 0.407 e. The molecule has 0 spiro atoms. The Balaban J connectivity index is 1.25. The van der Waals surface area contributed by atoms with Crippen LogP contribution in [0.4, 0.5) is 9.59 Å². The quantitative estimate of drug-likeness (QED) is 0.133. The lowest BCUT2D eigenvalue weighted by Gasteiger charge is -2.40. The predicted molar refractivity (Wildman–Crippen MR) is 243 cm³/mol. The fourth-order valence-corrected chi connectivity index (χ4v) is 11.1. The zero-order valence-electron chi connectivity index (χ0n) is 37.8. The van der Waals surface area contributed by atoms with E-state index in [-0.39, 0.29) is 30.8 Å². The van der Waals surface area contributed by atoms with Crippen molar-refractivity contribution in [2.75, 3.05) is 27.2 Å². The number of carboxylic acid groups (broad SMARTS) is 2. The Hall–Kier alpha value is -6.18. The summed E-state index contributed by atoms with van der Waals surface area (Å²) in [5.41, 5.74) is 17.3. The van der Waals surface area contributed by atoms with Gasteiger partial charge in [0.15, 0.2) is 0 Å². The second kappa shape index (κ2) is 17.8. The van der Waals surface area contributed by atoms with Crippen LogP contribution in [0.1, 0.15) is 124 Å². The van der Waals surface area contributed by atoms with Crippen molar-refractivity contribution in [2.24, 2.45) is 23.3 Å². The van der Waals surface area contributed by atoms with Crippen molar-refractivity contribution in [1.82, 2.24) is 19.6 Å². The van der Waals surface area contributed by atoms with Gasteiger partial charge in [-0.15, -0.1) is 0 Å². The summed E-state index contributed by atoms with van der Waals surface area (Å²) in [5, 5.41) is 19.6. The Morgan fingerprint density at radius 2 is 1.02 bits per heavy atom. The molecule has 0 bridgehead atoms. The van der Waals surface area contributed by atoms with E-state index in [1.165, 1.54) is 42.3 Å². The summed E-state index contributed by atoms with van der Waals surface area (Å²) in [5.74, 6) is -2.38. The van der Waals surface area contributed by atoms with E-state index >= 15 is 0 Å². The number of carbonyl (C=O) groups excluding carboxylic acids is 4. The highest BCUT2D eigenvalue weighted by atomic mass is 16.4. The third-order valence-electron chi connectivity index (χ3n) is 14.4. The van der Waals surface area contributed by atoms with Crippen LogP contribution >= 0.6 is 0 Å². The molecular weight excluding hydrogens is 813 g/mol. The summed E-state index contributed by atoms with van der Waals surface area (Å²) < 4.78 is 0. The fourth-order valence-electron chi connectivity index (χ4n) is 11.1. The number of rotatable bonds is 14. The molecule has 6 N–H and O–H groups in total. The largest absolute Gasteiger partial charge is 0.465 e. The number of likely N-dealkylation sites (N-methyl/N-ethyl adjacent to an activating group) is 2. The highest BCUT2D eigenvalue weighted by Gasteiger charge is 2.54. The van der Waals surface area contributed by atoms with Crippen LogP contribution in [0.5, 0.6) is 0 Å². The molecule has 3 aromatic carbocycles. The predicted octanol–water partition coefficient (Wildman–Crippen LogP) is 6.93. The van der Waals surface area contributed by atoms with Crippen molar-refractivity contribution in [3.05, 3.63) is 106 Å². The summed E-state index contributed by atoms with van der Waals surface area (Å²) >= 11 is 0. The lowest BCUT2D eigenvalue weighted by atomic mass is 9.82. The number of hydrogen-bond acceptors (Lipinski definition) is 6. The molecule has 3 fully saturated rings. The first kappa shape index (κ1) is 45.8. The molecule has 0 aromatic heterocycles. The minimum Gasteiger partial charge on any atom is -0.465 e. The minimum atomic E-state index is -1.44. The highest BCUT2D eigenvalue weighted by Crippen LogP contribution is 2.51. The Labute approximate surface area is 375 Å². The van der Waals surface area contributed by atoms with Gasteiger partial charge in [0.05, 0.1) is 0 Å². The van der Waals surface area contributed by atoms with Gasteiger partial charge < -0.3 is 31.5 Å². The van der Waals surface area contributed by atoms with Crippen LogP contribution in [0.25, 0.3) is 11.1 Å². The molecule has 2 aliphatic heterocycles. The molecule has 14 nitrogen and oxygen atoms in total. The van der Waals surface area contributed by atoms with Crippen LogP contribution in [0.15, 0.2) is 72.8 Å². The molecular formula is C50H62N6O8. The fraction of sp³-hybridized carbons (Fsp3) is 0.480. The molecule has 2 aliphatic carbocycles. The topological polar surface area (TPSA) is 208 Å². The second-order valence-corrected chi connectivity index (χ2v) is 18.9. The first-order valence-electron chi connectivity index (χ1n) is 22.6. The number of nitrogens with zero attached hydrogens (tertiary/aromatic N) is 4. The van der Waals surface area contributed by atoms with E-state index in [0.29, 0.717) is 42.7 Å². The normalized spacial score (nSPS) is 23.1. The SMILES string of the molecule is CC(C)[C@@H](C(=O)N1CCC[C@@]1(C(N)=O)c1ccc(C2=C(c3ccc(C4CC4)cc3)C(c3ccc([C@]4(C(N)=O)CCCN4C(=O)[C@H](C(C)C)N(C)C(=O)O)cc3)CC2)cc1)N(C)C(=O)O. The van der Waals surface area contributed by atoms with Crippen LogP contribution in [0.2, 0.25) is 0 Å². The van der Waals surface area contributed by atoms with Crippen LogP contribution in [-0.4, -0.2) is 105 Å². The number of allylic oxidation sites excluding steroid dienone is 2. The molecule has 0 radical (unpaired) electrons. The second-order valence-electron chi connectivity index (χ2n) is 18.9. The highest BCUT2D eigenvalue weighted by molar-refractivity contribution is 5.98. The summed E-state index contributed by atoms with van der Waals surface area (Å²) in [7, 11) is 2.74. The van der Waals surface area contributed by atoms with Crippen molar-refractivity contribution in [1.29, 1.82) is 0 Å². The summed E-state index contributed by atoms with van der Waals surface area (Å²) in [6.45, 7) is 7.66. The molecule has 14 heteroatoms. The number of carbonyl (C=O) groups is 6. The van der Waals surface area contributed by atoms with Crippen molar-refractivity contribution in [2.45, 2.75) is 114 Å².